The zero-order valence-electron chi connectivity index (χ0n) is 6.97. The SMILES string of the molecule is NOc1ccc(ON)c(C(=O)N=O)c1. The van der Waals surface area contributed by atoms with Crippen LogP contribution in [0, 0.1) is 4.91 Å². The maximum Gasteiger partial charge on any atom is 0.320 e. The van der Waals surface area contributed by atoms with Crippen LogP contribution in [0.1, 0.15) is 10.4 Å². The van der Waals surface area contributed by atoms with Gasteiger partial charge in [0.25, 0.3) is 0 Å². The second-order valence-electron chi connectivity index (χ2n) is 2.29. The minimum Gasteiger partial charge on any atom is -0.411 e. The first-order chi connectivity index (χ1) is 6.72. The van der Waals surface area contributed by atoms with Gasteiger partial charge in [0.15, 0.2) is 5.75 Å². The van der Waals surface area contributed by atoms with Crippen molar-refractivity contribution in [3.8, 4) is 11.5 Å². The number of hydrogen-bond acceptors (Lipinski definition) is 6. The maximum absolute atomic E-state index is 11.0. The van der Waals surface area contributed by atoms with Crippen LogP contribution in [-0.4, -0.2) is 5.91 Å². The Bertz CT molecular complexity index is 366. The fourth-order valence-electron chi connectivity index (χ4n) is 0.901. The van der Waals surface area contributed by atoms with Gasteiger partial charge in [-0.25, -0.2) is 0 Å². The van der Waals surface area contributed by atoms with Crippen LogP contribution >= 0.6 is 0 Å². The summed E-state index contributed by atoms with van der Waals surface area (Å²) in [5.74, 6) is 8.93. The number of rotatable bonds is 3. The normalized spacial score (nSPS) is 9.29. The maximum atomic E-state index is 11.0. The molecule has 0 atom stereocenters. The van der Waals surface area contributed by atoms with E-state index in [0.717, 1.165) is 0 Å². The van der Waals surface area contributed by atoms with E-state index in [2.05, 4.69) is 14.9 Å². The summed E-state index contributed by atoms with van der Waals surface area (Å²) in [4.78, 5) is 29.7. The summed E-state index contributed by atoms with van der Waals surface area (Å²) >= 11 is 0. The van der Waals surface area contributed by atoms with Gasteiger partial charge in [-0.1, -0.05) is 0 Å². The number of benzene rings is 1. The van der Waals surface area contributed by atoms with E-state index >= 15 is 0 Å². The molecule has 0 aromatic heterocycles. The molecule has 0 radical (unpaired) electrons. The molecule has 0 bridgehead atoms. The van der Waals surface area contributed by atoms with Gasteiger partial charge < -0.3 is 9.68 Å². The molecular weight excluding hydrogens is 190 g/mol. The van der Waals surface area contributed by atoms with Gasteiger partial charge >= 0.3 is 5.91 Å². The highest BCUT2D eigenvalue weighted by atomic mass is 16.6. The summed E-state index contributed by atoms with van der Waals surface area (Å²) in [6, 6.07) is 3.95. The lowest BCUT2D eigenvalue weighted by molar-refractivity contribution is 0.0996. The smallest absolute Gasteiger partial charge is 0.320 e. The molecule has 1 aromatic rings. The molecule has 1 rings (SSSR count). The minimum atomic E-state index is -1.01. The molecule has 1 amide bonds. The highest BCUT2D eigenvalue weighted by molar-refractivity contribution is 5.97. The molecule has 0 unspecified atom stereocenters. The van der Waals surface area contributed by atoms with E-state index < -0.39 is 5.91 Å². The molecule has 7 heteroatoms. The highest BCUT2D eigenvalue weighted by Crippen LogP contribution is 2.23. The lowest BCUT2D eigenvalue weighted by Crippen LogP contribution is -2.08. The van der Waals surface area contributed by atoms with E-state index in [0.29, 0.717) is 0 Å². The molecule has 4 N–H and O–H groups in total. The quantitative estimate of drug-likeness (QED) is 0.524. The zero-order valence-corrected chi connectivity index (χ0v) is 6.97. The van der Waals surface area contributed by atoms with E-state index in [1.54, 1.807) is 0 Å². The third-order valence-corrected chi connectivity index (χ3v) is 1.53. The molecule has 0 aliphatic carbocycles. The lowest BCUT2D eigenvalue weighted by Gasteiger charge is -2.04. The number of hydrogen-bond donors (Lipinski definition) is 2. The lowest BCUT2D eigenvalue weighted by atomic mass is 10.2. The van der Waals surface area contributed by atoms with Crippen molar-refractivity contribution in [2.75, 3.05) is 0 Å². The number of amides is 1. The van der Waals surface area contributed by atoms with Crippen LogP contribution in [0.2, 0.25) is 0 Å². The predicted molar refractivity (Wildman–Crippen MR) is 46.2 cm³/mol. The molecule has 0 saturated carbocycles. The van der Waals surface area contributed by atoms with Gasteiger partial charge in [-0.3, -0.25) is 4.79 Å². The van der Waals surface area contributed by atoms with Crippen molar-refractivity contribution in [1.29, 1.82) is 0 Å². The summed E-state index contributed by atoms with van der Waals surface area (Å²) in [7, 11) is 0. The average molecular weight is 197 g/mol. The van der Waals surface area contributed by atoms with Crippen molar-refractivity contribution in [3.63, 3.8) is 0 Å². The van der Waals surface area contributed by atoms with Gasteiger partial charge in [0.1, 0.15) is 5.75 Å². The van der Waals surface area contributed by atoms with Gasteiger partial charge in [0.05, 0.1) is 5.56 Å². The van der Waals surface area contributed by atoms with Gasteiger partial charge in [-0.2, -0.15) is 11.8 Å². The Morgan fingerprint density at radius 2 is 2.00 bits per heavy atom. The molecule has 0 saturated heterocycles. The first-order valence-corrected chi connectivity index (χ1v) is 3.48. The first-order valence-electron chi connectivity index (χ1n) is 3.48. The van der Waals surface area contributed by atoms with Crippen molar-refractivity contribution in [2.45, 2.75) is 0 Å². The predicted octanol–water partition coefficient (Wildman–Crippen LogP) is 0.0982. The van der Waals surface area contributed by atoms with E-state index in [4.69, 9.17) is 11.8 Å². The largest absolute Gasteiger partial charge is 0.411 e. The summed E-state index contributed by atoms with van der Waals surface area (Å²) in [5, 5.41) is 2.22. The standard InChI is InChI=1S/C7H7N3O4/c8-13-4-1-2-6(14-9)5(3-4)7(11)10-12/h1-3H,8-9H2. The molecule has 7 nitrogen and oxygen atoms in total. The van der Waals surface area contributed by atoms with Crippen molar-refractivity contribution in [3.05, 3.63) is 28.7 Å². The Morgan fingerprint density at radius 1 is 1.29 bits per heavy atom. The number of carbonyl (C=O) groups is 1. The van der Waals surface area contributed by atoms with E-state index in [1.165, 1.54) is 18.2 Å². The van der Waals surface area contributed by atoms with Crippen molar-refractivity contribution in [2.24, 2.45) is 17.0 Å². The van der Waals surface area contributed by atoms with E-state index in [9.17, 15) is 9.70 Å². The van der Waals surface area contributed by atoms with Crippen LogP contribution in [-0.2, 0) is 0 Å². The Balaban J connectivity index is 3.21. The minimum absolute atomic E-state index is 0.0235. The Labute approximate surface area is 78.5 Å². The molecular formula is C7H7N3O4. The van der Waals surface area contributed by atoms with Crippen LogP contribution in [0.25, 0.3) is 0 Å². The van der Waals surface area contributed by atoms with Crippen LogP contribution in [0.15, 0.2) is 23.4 Å². The van der Waals surface area contributed by atoms with Gasteiger partial charge in [-0.05, 0) is 18.2 Å². The molecule has 14 heavy (non-hydrogen) atoms. The second-order valence-corrected chi connectivity index (χ2v) is 2.29. The summed E-state index contributed by atoms with van der Waals surface area (Å²) in [5.41, 5.74) is -0.106. The topological polar surface area (TPSA) is 117 Å². The zero-order chi connectivity index (χ0) is 10.6. The summed E-state index contributed by atoms with van der Waals surface area (Å²) < 4.78 is 0. The van der Waals surface area contributed by atoms with E-state index in [-0.39, 0.29) is 17.1 Å². The molecule has 0 fully saturated rings. The van der Waals surface area contributed by atoms with Crippen LogP contribution < -0.4 is 21.5 Å². The molecule has 0 spiro atoms. The molecule has 74 valence electrons. The van der Waals surface area contributed by atoms with Crippen LogP contribution in [0.4, 0.5) is 0 Å². The third kappa shape index (κ3) is 1.84. The monoisotopic (exact) mass is 197 g/mol. The number of nitroso groups, excluding NO2 is 1. The summed E-state index contributed by atoms with van der Waals surface area (Å²) in [6.07, 6.45) is 0. The Morgan fingerprint density at radius 3 is 2.50 bits per heavy atom. The third-order valence-electron chi connectivity index (χ3n) is 1.53. The molecule has 0 aliphatic rings. The molecule has 0 aliphatic heterocycles. The Kier molecular flexibility index (Phi) is 3.10. The van der Waals surface area contributed by atoms with E-state index in [1.807, 2.05) is 0 Å². The van der Waals surface area contributed by atoms with Crippen LogP contribution in [0.5, 0.6) is 11.5 Å². The van der Waals surface area contributed by atoms with Crippen molar-refractivity contribution >= 4 is 5.91 Å². The summed E-state index contributed by atoms with van der Waals surface area (Å²) in [6.45, 7) is 0. The fourth-order valence-corrected chi connectivity index (χ4v) is 0.901. The number of nitrogens with zero attached hydrogens (tertiary/aromatic N) is 1. The molecule has 0 heterocycles. The highest BCUT2D eigenvalue weighted by Gasteiger charge is 2.14. The fraction of sp³-hybridized carbons (Fsp3) is 0. The second kappa shape index (κ2) is 4.30. The number of nitrogens with two attached hydrogens (primary N) is 2. The van der Waals surface area contributed by atoms with Crippen LogP contribution in [0.3, 0.4) is 0 Å². The van der Waals surface area contributed by atoms with Gasteiger partial charge in [0, 0.05) is 5.18 Å². The average Bonchev–Trinajstić information content (AvgIpc) is 2.27. The first kappa shape index (κ1) is 10.1. The van der Waals surface area contributed by atoms with Crippen molar-refractivity contribution in [1.82, 2.24) is 0 Å². The van der Waals surface area contributed by atoms with Gasteiger partial charge in [-0.15, -0.1) is 4.91 Å². The van der Waals surface area contributed by atoms with Gasteiger partial charge in [0.2, 0.25) is 0 Å². The number of carbonyl (C=O) groups excluding carboxylic acids is 1. The molecule has 1 aromatic carbocycles. The Hall–Kier alpha value is -1.99. The van der Waals surface area contributed by atoms with Crippen molar-refractivity contribution < 1.29 is 14.5 Å².